The number of carbonyl (C=O) groups excluding carboxylic acids is 3. The molecule has 3 atom stereocenters. The molecule has 0 aliphatic carbocycles. The van der Waals surface area contributed by atoms with E-state index in [2.05, 4.69) is 41.6 Å². The summed E-state index contributed by atoms with van der Waals surface area (Å²) < 4.78 is 0. The number of para-hydroxylation sites is 1. The molecule has 2 fully saturated rings. The fourth-order valence-electron chi connectivity index (χ4n) is 5.90. The predicted octanol–water partition coefficient (Wildman–Crippen LogP) is 0.669. The minimum absolute atomic E-state index is 0.0609. The Morgan fingerprint density at radius 1 is 1.12 bits per heavy atom. The zero-order valence-corrected chi connectivity index (χ0v) is 23.3. The normalized spacial score (nSPS) is 19.1. The van der Waals surface area contributed by atoms with Gasteiger partial charge in [-0.1, -0.05) is 23.4 Å². The van der Waals surface area contributed by atoms with Crippen LogP contribution in [0, 0.1) is 11.8 Å². The van der Waals surface area contributed by atoms with Crippen molar-refractivity contribution in [3.05, 3.63) is 41.9 Å². The van der Waals surface area contributed by atoms with Crippen LogP contribution in [-0.2, 0) is 25.6 Å². The summed E-state index contributed by atoms with van der Waals surface area (Å²) in [5.41, 5.74) is 1.82. The van der Waals surface area contributed by atoms with Crippen molar-refractivity contribution >= 4 is 34.6 Å². The number of aromatic nitrogens is 5. The number of carbonyl (C=O) groups is 4. The summed E-state index contributed by atoms with van der Waals surface area (Å²) in [7, 11) is 0. The quantitative estimate of drug-likeness (QED) is 0.168. The first kappa shape index (κ1) is 29.2. The Labute approximate surface area is 242 Å². The van der Waals surface area contributed by atoms with E-state index in [1.165, 1.54) is 0 Å². The molecule has 224 valence electrons. The highest BCUT2D eigenvalue weighted by Gasteiger charge is 2.35. The lowest BCUT2D eigenvalue weighted by molar-refractivity contribution is -0.141. The zero-order chi connectivity index (χ0) is 29.5. The molecule has 14 heteroatoms. The second-order valence-electron chi connectivity index (χ2n) is 11.1. The fraction of sp³-hybridized carbons (Fsp3) is 0.536. The average Bonchev–Trinajstić information content (AvgIpc) is 3.73. The molecule has 42 heavy (non-hydrogen) atoms. The largest absolute Gasteiger partial charge is 0.481 e. The van der Waals surface area contributed by atoms with Gasteiger partial charge in [0.05, 0.1) is 12.5 Å². The maximum absolute atomic E-state index is 13.3. The molecule has 3 amide bonds. The highest BCUT2D eigenvalue weighted by Crippen LogP contribution is 2.25. The first-order chi connectivity index (χ1) is 20.4. The van der Waals surface area contributed by atoms with E-state index in [-0.39, 0.29) is 18.2 Å². The summed E-state index contributed by atoms with van der Waals surface area (Å²) in [5, 5.41) is 33.1. The van der Waals surface area contributed by atoms with Crippen LogP contribution in [0.4, 0.5) is 0 Å². The molecule has 2 unspecified atom stereocenters. The van der Waals surface area contributed by atoms with Crippen LogP contribution >= 0.6 is 0 Å². The number of H-pyrrole nitrogens is 2. The van der Waals surface area contributed by atoms with Crippen molar-refractivity contribution in [3.63, 3.8) is 0 Å². The first-order valence-electron chi connectivity index (χ1n) is 14.5. The Kier molecular flexibility index (Phi) is 9.41. The second-order valence-corrected chi connectivity index (χ2v) is 11.1. The maximum atomic E-state index is 13.3. The second kappa shape index (κ2) is 13.6. The van der Waals surface area contributed by atoms with Crippen LogP contribution in [0.15, 0.2) is 30.5 Å². The Morgan fingerprint density at radius 2 is 1.93 bits per heavy atom. The van der Waals surface area contributed by atoms with E-state index in [9.17, 15) is 24.3 Å². The number of aliphatic carboxylic acids is 1. The molecular formula is C28H37N9O5. The van der Waals surface area contributed by atoms with E-state index < -0.39 is 42.2 Å². The Morgan fingerprint density at radius 3 is 2.69 bits per heavy atom. The number of fused-ring (bicyclic) bond motifs is 1. The molecule has 0 spiro atoms. The predicted molar refractivity (Wildman–Crippen MR) is 151 cm³/mol. The minimum atomic E-state index is -1.35. The Bertz CT molecular complexity index is 1390. The molecular weight excluding hydrogens is 542 g/mol. The van der Waals surface area contributed by atoms with E-state index in [4.69, 9.17) is 0 Å². The van der Waals surface area contributed by atoms with E-state index in [1.54, 1.807) is 0 Å². The third-order valence-electron chi connectivity index (χ3n) is 8.23. The summed E-state index contributed by atoms with van der Waals surface area (Å²) in [6.07, 6.45) is 5.13. The number of amides is 3. The van der Waals surface area contributed by atoms with Crippen LogP contribution in [0.1, 0.15) is 56.0 Å². The van der Waals surface area contributed by atoms with Crippen LogP contribution in [0.25, 0.3) is 10.9 Å². The zero-order valence-electron chi connectivity index (χ0n) is 23.3. The molecule has 0 saturated carbocycles. The lowest BCUT2D eigenvalue weighted by Gasteiger charge is -2.25. The van der Waals surface area contributed by atoms with Crippen molar-refractivity contribution in [2.24, 2.45) is 11.8 Å². The average molecular weight is 580 g/mol. The third-order valence-corrected chi connectivity index (χ3v) is 8.23. The summed E-state index contributed by atoms with van der Waals surface area (Å²) in [5.74, 6) is -2.21. The summed E-state index contributed by atoms with van der Waals surface area (Å²) in [6.45, 7) is 3.29. The number of benzene rings is 1. The summed E-state index contributed by atoms with van der Waals surface area (Å²) in [4.78, 5) is 55.9. The molecule has 6 N–H and O–H groups in total. The molecule has 2 aliphatic rings. The van der Waals surface area contributed by atoms with Crippen molar-refractivity contribution in [1.29, 1.82) is 0 Å². The molecule has 0 bridgehead atoms. The molecule has 1 aromatic carbocycles. The lowest BCUT2D eigenvalue weighted by atomic mass is 9.94. The number of piperidine rings is 1. The molecule has 0 radical (unpaired) electrons. The fourth-order valence-corrected chi connectivity index (χ4v) is 5.90. The molecule has 4 heterocycles. The number of rotatable bonds is 13. The molecule has 5 rings (SSSR count). The van der Waals surface area contributed by atoms with Crippen molar-refractivity contribution in [1.82, 2.24) is 46.5 Å². The van der Waals surface area contributed by atoms with Gasteiger partial charge in [-0.05, 0) is 56.3 Å². The van der Waals surface area contributed by atoms with Gasteiger partial charge in [-0.25, -0.2) is 0 Å². The monoisotopic (exact) mass is 579 g/mol. The van der Waals surface area contributed by atoms with Crippen LogP contribution in [-0.4, -0.2) is 91.5 Å². The smallest absolute Gasteiger partial charge is 0.305 e. The highest BCUT2D eigenvalue weighted by atomic mass is 16.4. The van der Waals surface area contributed by atoms with Gasteiger partial charge < -0.3 is 30.9 Å². The number of carboxylic acid groups (broad SMARTS) is 1. The molecule has 3 aromatic rings. The maximum Gasteiger partial charge on any atom is 0.305 e. The van der Waals surface area contributed by atoms with Crippen molar-refractivity contribution < 1.29 is 24.3 Å². The minimum Gasteiger partial charge on any atom is -0.481 e. The third kappa shape index (κ3) is 7.29. The standard InChI is InChI=1S/C28H37N9O5/c38-24(14-18-8-12-37(28(18)42)11-7-17-5-9-29-10-6-17)31-23(15-25(39)40)27(41)32-22(26-33-35-36-34-26)13-19-16-30-21-4-2-1-3-20(19)21/h1-4,16-18,22-23,29-30H,5-15H2,(H,31,38)(H,32,41)(H,39,40)(H,33,34,35,36)/t18-,22?,23?/m1/s1. The summed E-state index contributed by atoms with van der Waals surface area (Å²) >= 11 is 0. The van der Waals surface area contributed by atoms with Crippen LogP contribution in [0.2, 0.25) is 0 Å². The Balaban J connectivity index is 1.19. The van der Waals surface area contributed by atoms with Gasteiger partial charge in [0.1, 0.15) is 6.04 Å². The van der Waals surface area contributed by atoms with Gasteiger partial charge in [-0.15, -0.1) is 10.2 Å². The number of aromatic amines is 2. The highest BCUT2D eigenvalue weighted by molar-refractivity contribution is 5.93. The first-order valence-corrected chi connectivity index (χ1v) is 14.5. The molecule has 2 aliphatic heterocycles. The number of hydrogen-bond acceptors (Lipinski definition) is 8. The van der Waals surface area contributed by atoms with Gasteiger partial charge in [0.25, 0.3) is 0 Å². The number of likely N-dealkylation sites (tertiary alicyclic amines) is 1. The van der Waals surface area contributed by atoms with Crippen molar-refractivity contribution in [2.45, 2.75) is 57.0 Å². The van der Waals surface area contributed by atoms with Crippen LogP contribution in [0.5, 0.6) is 0 Å². The number of tetrazole rings is 1. The van der Waals surface area contributed by atoms with E-state index in [0.29, 0.717) is 31.8 Å². The topological polar surface area (TPSA) is 198 Å². The molecule has 2 saturated heterocycles. The number of nitrogens with one attached hydrogen (secondary N) is 5. The number of carboxylic acids is 1. The van der Waals surface area contributed by atoms with Gasteiger partial charge in [-0.3, -0.25) is 19.2 Å². The van der Waals surface area contributed by atoms with Crippen molar-refractivity contribution in [3.8, 4) is 0 Å². The summed E-state index contributed by atoms with van der Waals surface area (Å²) in [6, 6.07) is 5.60. The van der Waals surface area contributed by atoms with Gasteiger partial charge in [0.15, 0.2) is 5.82 Å². The van der Waals surface area contributed by atoms with Crippen LogP contribution < -0.4 is 16.0 Å². The van der Waals surface area contributed by atoms with Crippen molar-refractivity contribution in [2.75, 3.05) is 26.2 Å². The molecule has 2 aromatic heterocycles. The lowest BCUT2D eigenvalue weighted by Crippen LogP contribution is -2.49. The number of nitrogens with zero attached hydrogens (tertiary/aromatic N) is 4. The van der Waals surface area contributed by atoms with Crippen LogP contribution in [0.3, 0.4) is 0 Å². The van der Waals surface area contributed by atoms with Gasteiger partial charge in [0, 0.05) is 48.9 Å². The van der Waals surface area contributed by atoms with E-state index in [1.807, 2.05) is 35.4 Å². The Hall–Kier alpha value is -4.33. The van der Waals surface area contributed by atoms with E-state index >= 15 is 0 Å². The van der Waals surface area contributed by atoms with E-state index in [0.717, 1.165) is 48.8 Å². The van der Waals surface area contributed by atoms with Gasteiger partial charge in [-0.2, -0.15) is 5.21 Å². The number of hydrogen-bond donors (Lipinski definition) is 6. The molecule has 14 nitrogen and oxygen atoms in total. The van der Waals surface area contributed by atoms with Gasteiger partial charge in [0.2, 0.25) is 17.7 Å². The SMILES string of the molecule is O=C(O)CC(NC(=O)C[C@H]1CCN(CCC2CCNCC2)C1=O)C(=O)NC(Cc1c[nH]c2ccccc12)c1nn[nH]n1. The van der Waals surface area contributed by atoms with Gasteiger partial charge >= 0.3 is 5.97 Å².